The SMILES string of the molecule is Cc1ccc([N+](=O)[O-])cc1C(=O)Nc1nc(-c2ccc(OC(F)F)cc2)c(C)s1. The molecule has 0 bridgehead atoms. The van der Waals surface area contributed by atoms with E-state index in [1.165, 1.54) is 41.7 Å². The van der Waals surface area contributed by atoms with Crippen molar-refractivity contribution in [1.29, 1.82) is 0 Å². The molecule has 3 rings (SSSR count). The third kappa shape index (κ3) is 4.72. The van der Waals surface area contributed by atoms with Gasteiger partial charge in [-0.15, -0.1) is 11.3 Å². The van der Waals surface area contributed by atoms with E-state index < -0.39 is 17.4 Å². The quantitative estimate of drug-likeness (QED) is 0.438. The van der Waals surface area contributed by atoms with E-state index in [0.717, 1.165) is 4.88 Å². The fraction of sp³-hybridized carbons (Fsp3) is 0.158. The maximum Gasteiger partial charge on any atom is 0.387 e. The third-order valence-electron chi connectivity index (χ3n) is 4.05. The van der Waals surface area contributed by atoms with Gasteiger partial charge in [0.15, 0.2) is 5.13 Å². The number of carbonyl (C=O) groups excluding carboxylic acids is 1. The Bertz CT molecular complexity index is 1070. The summed E-state index contributed by atoms with van der Waals surface area (Å²) in [5.74, 6) is -0.474. The van der Waals surface area contributed by atoms with E-state index in [0.29, 0.717) is 22.0 Å². The van der Waals surface area contributed by atoms with E-state index in [1.807, 2.05) is 6.92 Å². The molecule has 150 valence electrons. The molecule has 0 atom stereocenters. The first-order chi connectivity index (χ1) is 13.7. The standard InChI is InChI=1S/C19H15F2N3O4S/c1-10-3-6-13(24(26)27)9-15(10)17(25)23-19-22-16(11(2)29-19)12-4-7-14(8-5-12)28-18(20)21/h3-9,18H,1-2H3,(H,22,23,25). The van der Waals surface area contributed by atoms with E-state index >= 15 is 0 Å². The van der Waals surface area contributed by atoms with E-state index in [-0.39, 0.29) is 17.0 Å². The van der Waals surface area contributed by atoms with Crippen molar-refractivity contribution in [2.45, 2.75) is 20.5 Å². The lowest BCUT2D eigenvalue weighted by atomic mass is 10.1. The van der Waals surface area contributed by atoms with Crippen LogP contribution < -0.4 is 10.1 Å². The van der Waals surface area contributed by atoms with E-state index in [4.69, 9.17) is 0 Å². The predicted octanol–water partition coefficient (Wildman–Crippen LogP) is 5.19. The molecular formula is C19H15F2N3O4S. The number of nitrogens with one attached hydrogen (secondary N) is 1. The van der Waals surface area contributed by atoms with Gasteiger partial charge in [-0.3, -0.25) is 20.2 Å². The van der Waals surface area contributed by atoms with Crippen molar-refractivity contribution in [2.75, 3.05) is 5.32 Å². The fourth-order valence-electron chi connectivity index (χ4n) is 2.64. The van der Waals surface area contributed by atoms with Gasteiger partial charge in [-0.05, 0) is 43.7 Å². The molecule has 0 spiro atoms. The predicted molar refractivity (Wildman–Crippen MR) is 105 cm³/mol. The van der Waals surface area contributed by atoms with Crippen molar-refractivity contribution in [2.24, 2.45) is 0 Å². The van der Waals surface area contributed by atoms with Crippen LogP contribution >= 0.6 is 11.3 Å². The Morgan fingerprint density at radius 2 is 1.90 bits per heavy atom. The largest absolute Gasteiger partial charge is 0.435 e. The van der Waals surface area contributed by atoms with Gasteiger partial charge in [-0.25, -0.2) is 4.98 Å². The molecule has 0 saturated heterocycles. The van der Waals surface area contributed by atoms with Crippen LogP contribution in [0.1, 0.15) is 20.8 Å². The fourth-order valence-corrected chi connectivity index (χ4v) is 3.48. The Hall–Kier alpha value is -3.40. The highest BCUT2D eigenvalue weighted by Crippen LogP contribution is 2.32. The average molecular weight is 419 g/mol. The monoisotopic (exact) mass is 419 g/mol. The highest BCUT2D eigenvalue weighted by Gasteiger charge is 2.17. The molecule has 1 aromatic heterocycles. The third-order valence-corrected chi connectivity index (χ3v) is 4.93. The number of ether oxygens (including phenoxy) is 1. The number of non-ortho nitro benzene ring substituents is 1. The second-order valence-corrected chi connectivity index (χ2v) is 7.24. The number of nitro benzene ring substituents is 1. The van der Waals surface area contributed by atoms with Gasteiger partial charge >= 0.3 is 6.61 Å². The number of nitro groups is 1. The van der Waals surface area contributed by atoms with Crippen molar-refractivity contribution < 1.29 is 23.2 Å². The van der Waals surface area contributed by atoms with Crippen LogP contribution in [-0.2, 0) is 0 Å². The van der Waals surface area contributed by atoms with Gasteiger partial charge in [0.2, 0.25) is 0 Å². The summed E-state index contributed by atoms with van der Waals surface area (Å²) >= 11 is 1.24. The summed E-state index contributed by atoms with van der Waals surface area (Å²) in [6.45, 7) is 0.589. The number of hydrogen-bond acceptors (Lipinski definition) is 6. The summed E-state index contributed by atoms with van der Waals surface area (Å²) in [5, 5.41) is 13.9. The number of anilines is 1. The number of nitrogens with zero attached hydrogens (tertiary/aromatic N) is 2. The Morgan fingerprint density at radius 1 is 1.21 bits per heavy atom. The number of aromatic nitrogens is 1. The number of hydrogen-bond donors (Lipinski definition) is 1. The molecule has 0 saturated carbocycles. The van der Waals surface area contributed by atoms with Gasteiger partial charge in [-0.2, -0.15) is 8.78 Å². The smallest absolute Gasteiger partial charge is 0.387 e. The van der Waals surface area contributed by atoms with Crippen LogP contribution in [0.5, 0.6) is 5.75 Å². The highest BCUT2D eigenvalue weighted by atomic mass is 32.1. The summed E-state index contributed by atoms with van der Waals surface area (Å²) < 4.78 is 28.8. The van der Waals surface area contributed by atoms with Crippen LogP contribution in [0.15, 0.2) is 42.5 Å². The first-order valence-corrected chi connectivity index (χ1v) is 9.15. The Morgan fingerprint density at radius 3 is 2.52 bits per heavy atom. The molecule has 29 heavy (non-hydrogen) atoms. The van der Waals surface area contributed by atoms with Gasteiger partial charge in [0.05, 0.1) is 10.6 Å². The first-order valence-electron chi connectivity index (χ1n) is 8.33. The topological polar surface area (TPSA) is 94.4 Å². The Balaban J connectivity index is 1.81. The summed E-state index contributed by atoms with van der Waals surface area (Å²) in [5.41, 5.74) is 1.86. The molecule has 1 heterocycles. The van der Waals surface area contributed by atoms with Crippen molar-refractivity contribution in [3.63, 3.8) is 0 Å². The van der Waals surface area contributed by atoms with Crippen molar-refractivity contribution in [3.8, 4) is 17.0 Å². The molecule has 0 aliphatic heterocycles. The van der Waals surface area contributed by atoms with E-state index in [1.54, 1.807) is 19.1 Å². The van der Waals surface area contributed by atoms with Crippen LogP contribution in [0.4, 0.5) is 19.6 Å². The van der Waals surface area contributed by atoms with E-state index in [9.17, 15) is 23.7 Å². The summed E-state index contributed by atoms with van der Waals surface area (Å²) in [4.78, 5) is 28.1. The van der Waals surface area contributed by atoms with Crippen molar-refractivity contribution >= 4 is 28.1 Å². The zero-order valence-electron chi connectivity index (χ0n) is 15.3. The summed E-state index contributed by atoms with van der Waals surface area (Å²) in [6, 6.07) is 10.1. The maximum atomic E-state index is 12.6. The lowest BCUT2D eigenvalue weighted by Crippen LogP contribution is -2.13. The number of benzene rings is 2. The normalized spacial score (nSPS) is 10.8. The minimum Gasteiger partial charge on any atom is -0.435 e. The van der Waals surface area contributed by atoms with Crippen LogP contribution in [0.3, 0.4) is 0 Å². The van der Waals surface area contributed by atoms with Crippen LogP contribution in [0.2, 0.25) is 0 Å². The molecule has 0 aliphatic carbocycles. The Kier molecular flexibility index (Phi) is 5.83. The minimum atomic E-state index is -2.90. The minimum absolute atomic E-state index is 0.0336. The van der Waals surface area contributed by atoms with Crippen molar-refractivity contribution in [1.82, 2.24) is 4.98 Å². The number of halogens is 2. The number of amides is 1. The lowest BCUT2D eigenvalue weighted by Gasteiger charge is -2.05. The molecule has 0 fully saturated rings. The molecule has 3 aromatic rings. The first kappa shape index (κ1) is 20.3. The van der Waals surface area contributed by atoms with Gasteiger partial charge in [0.25, 0.3) is 11.6 Å². The molecular weight excluding hydrogens is 404 g/mol. The number of alkyl halides is 2. The van der Waals surface area contributed by atoms with Gasteiger partial charge in [0, 0.05) is 28.1 Å². The molecule has 10 heteroatoms. The van der Waals surface area contributed by atoms with Crippen molar-refractivity contribution in [3.05, 3.63) is 68.6 Å². The summed E-state index contributed by atoms with van der Waals surface area (Å²) in [6.07, 6.45) is 0. The number of thiazole rings is 1. The second kappa shape index (κ2) is 8.31. The molecule has 0 aliphatic rings. The molecule has 0 radical (unpaired) electrons. The number of rotatable bonds is 6. The van der Waals surface area contributed by atoms with Gasteiger partial charge < -0.3 is 4.74 Å². The number of aryl methyl sites for hydroxylation is 2. The zero-order valence-corrected chi connectivity index (χ0v) is 16.1. The van der Waals surface area contributed by atoms with Crippen LogP contribution in [0, 0.1) is 24.0 Å². The zero-order chi connectivity index (χ0) is 21.1. The Labute approximate surface area is 168 Å². The molecule has 1 N–H and O–H groups in total. The molecule has 7 nitrogen and oxygen atoms in total. The van der Waals surface area contributed by atoms with Gasteiger partial charge in [-0.1, -0.05) is 6.07 Å². The molecule has 1 amide bonds. The molecule has 2 aromatic carbocycles. The average Bonchev–Trinajstić information content (AvgIpc) is 3.02. The van der Waals surface area contributed by atoms with Gasteiger partial charge in [0.1, 0.15) is 5.75 Å². The number of carbonyl (C=O) groups is 1. The highest BCUT2D eigenvalue weighted by molar-refractivity contribution is 7.16. The van der Waals surface area contributed by atoms with Crippen LogP contribution in [0.25, 0.3) is 11.3 Å². The maximum absolute atomic E-state index is 12.6. The second-order valence-electron chi connectivity index (χ2n) is 6.04. The van der Waals surface area contributed by atoms with E-state index in [2.05, 4.69) is 15.0 Å². The summed E-state index contributed by atoms with van der Waals surface area (Å²) in [7, 11) is 0. The lowest BCUT2D eigenvalue weighted by molar-refractivity contribution is -0.384. The molecule has 0 unspecified atom stereocenters. The van der Waals surface area contributed by atoms with Crippen LogP contribution in [-0.4, -0.2) is 22.4 Å².